The Hall–Kier alpha value is -2.89. The summed E-state index contributed by atoms with van der Waals surface area (Å²) < 4.78 is 18.4. The van der Waals surface area contributed by atoms with Gasteiger partial charge in [0.25, 0.3) is 5.91 Å². The van der Waals surface area contributed by atoms with Gasteiger partial charge in [-0.25, -0.2) is 4.39 Å². The number of amides is 2. The van der Waals surface area contributed by atoms with E-state index in [0.29, 0.717) is 17.1 Å². The molecule has 1 fully saturated rings. The highest BCUT2D eigenvalue weighted by Crippen LogP contribution is 2.49. The van der Waals surface area contributed by atoms with Crippen molar-refractivity contribution >= 4 is 23.2 Å². The molecule has 0 saturated heterocycles. The molecule has 0 unspecified atom stereocenters. The number of fused-ring (bicyclic) bond motifs is 1. The first-order valence-electron chi connectivity index (χ1n) is 7.71. The molecule has 1 saturated carbocycles. The maximum absolute atomic E-state index is 13.1. The SMILES string of the molecule is O=C1COc2ccc(NC(=O)C3(c4ccc(F)cc4)CC3)cc2N1. The summed E-state index contributed by atoms with van der Waals surface area (Å²) in [6.45, 7) is -0.00756. The molecule has 5 nitrogen and oxygen atoms in total. The smallest absolute Gasteiger partial charge is 0.262 e. The molecule has 1 aliphatic heterocycles. The van der Waals surface area contributed by atoms with Crippen molar-refractivity contribution in [1.82, 2.24) is 0 Å². The monoisotopic (exact) mass is 326 g/mol. The maximum atomic E-state index is 13.1. The zero-order valence-electron chi connectivity index (χ0n) is 12.8. The van der Waals surface area contributed by atoms with Crippen molar-refractivity contribution in [3.05, 3.63) is 53.8 Å². The quantitative estimate of drug-likeness (QED) is 0.911. The summed E-state index contributed by atoms with van der Waals surface area (Å²) in [5, 5.41) is 5.59. The molecule has 0 bridgehead atoms. The number of hydrogen-bond acceptors (Lipinski definition) is 3. The van der Waals surface area contributed by atoms with Gasteiger partial charge in [0.05, 0.1) is 11.1 Å². The van der Waals surface area contributed by atoms with Crippen LogP contribution in [0, 0.1) is 5.82 Å². The van der Waals surface area contributed by atoms with Gasteiger partial charge in [0.15, 0.2) is 6.61 Å². The summed E-state index contributed by atoms with van der Waals surface area (Å²) in [5.74, 6) is -0.0966. The second-order valence-corrected chi connectivity index (χ2v) is 6.09. The van der Waals surface area contributed by atoms with E-state index in [9.17, 15) is 14.0 Å². The third kappa shape index (κ3) is 2.50. The van der Waals surface area contributed by atoms with E-state index >= 15 is 0 Å². The fraction of sp³-hybridized carbons (Fsp3) is 0.222. The van der Waals surface area contributed by atoms with E-state index in [1.54, 1.807) is 30.3 Å². The minimum atomic E-state index is -0.594. The average Bonchev–Trinajstić information content (AvgIpc) is 3.37. The lowest BCUT2D eigenvalue weighted by Gasteiger charge is -2.20. The van der Waals surface area contributed by atoms with Gasteiger partial charge in [-0.3, -0.25) is 9.59 Å². The van der Waals surface area contributed by atoms with Crippen LogP contribution in [0.2, 0.25) is 0 Å². The number of halogens is 1. The van der Waals surface area contributed by atoms with E-state index in [2.05, 4.69) is 10.6 Å². The fourth-order valence-corrected chi connectivity index (χ4v) is 2.95. The summed E-state index contributed by atoms with van der Waals surface area (Å²) in [6.07, 6.45) is 1.46. The van der Waals surface area contributed by atoms with E-state index in [1.807, 2.05) is 0 Å². The minimum absolute atomic E-state index is 0.00756. The molecule has 2 N–H and O–H groups in total. The highest BCUT2D eigenvalue weighted by Gasteiger charge is 2.51. The standard InChI is InChI=1S/C18H15FN2O3/c19-12-3-1-11(2-4-12)18(7-8-18)17(23)20-13-5-6-15-14(9-13)21-16(22)10-24-15/h1-6,9H,7-8,10H2,(H,20,23)(H,21,22). The Morgan fingerprint density at radius 1 is 1.17 bits per heavy atom. The maximum Gasteiger partial charge on any atom is 0.262 e. The first kappa shape index (κ1) is 14.7. The third-order valence-electron chi connectivity index (χ3n) is 4.45. The second kappa shape index (κ2) is 5.33. The van der Waals surface area contributed by atoms with Crippen molar-refractivity contribution in [2.75, 3.05) is 17.2 Å². The summed E-state index contributed by atoms with van der Waals surface area (Å²) in [5.41, 5.74) is 1.34. The van der Waals surface area contributed by atoms with Gasteiger partial charge >= 0.3 is 0 Å². The van der Waals surface area contributed by atoms with E-state index in [1.165, 1.54) is 12.1 Å². The van der Waals surface area contributed by atoms with Gasteiger partial charge in [-0.15, -0.1) is 0 Å². The summed E-state index contributed by atoms with van der Waals surface area (Å²) >= 11 is 0. The number of benzene rings is 2. The van der Waals surface area contributed by atoms with Gasteiger partial charge in [-0.05, 0) is 48.7 Å². The molecular weight excluding hydrogens is 311 g/mol. The van der Waals surface area contributed by atoms with Crippen LogP contribution in [0.5, 0.6) is 5.75 Å². The first-order chi connectivity index (χ1) is 11.6. The van der Waals surface area contributed by atoms with Crippen LogP contribution in [0.3, 0.4) is 0 Å². The lowest BCUT2D eigenvalue weighted by Crippen LogP contribution is -2.28. The van der Waals surface area contributed by atoms with E-state index < -0.39 is 5.41 Å². The molecule has 1 heterocycles. The third-order valence-corrected chi connectivity index (χ3v) is 4.45. The Bertz CT molecular complexity index is 829. The molecule has 24 heavy (non-hydrogen) atoms. The second-order valence-electron chi connectivity index (χ2n) is 6.09. The van der Waals surface area contributed by atoms with Gasteiger partial charge in [-0.2, -0.15) is 0 Å². The zero-order chi connectivity index (χ0) is 16.7. The molecule has 0 aromatic heterocycles. The number of rotatable bonds is 3. The molecular formula is C18H15FN2O3. The first-order valence-corrected chi connectivity index (χ1v) is 7.71. The van der Waals surface area contributed by atoms with E-state index in [4.69, 9.17) is 4.74 Å². The Kier molecular flexibility index (Phi) is 3.26. The van der Waals surface area contributed by atoms with Crippen LogP contribution in [-0.2, 0) is 15.0 Å². The van der Waals surface area contributed by atoms with Crippen molar-refractivity contribution in [2.24, 2.45) is 0 Å². The Labute approximate surface area is 137 Å². The predicted octanol–water partition coefficient (Wildman–Crippen LogP) is 2.83. The highest BCUT2D eigenvalue weighted by molar-refractivity contribution is 6.02. The molecule has 1 aliphatic carbocycles. The van der Waals surface area contributed by atoms with Gasteiger partial charge in [0, 0.05) is 5.69 Å². The molecule has 2 amide bonds. The van der Waals surface area contributed by atoms with Crippen LogP contribution in [0.1, 0.15) is 18.4 Å². The van der Waals surface area contributed by atoms with Gasteiger partial charge in [-0.1, -0.05) is 12.1 Å². The summed E-state index contributed by atoms with van der Waals surface area (Å²) in [4.78, 5) is 24.1. The molecule has 0 atom stereocenters. The van der Waals surface area contributed by atoms with Crippen LogP contribution in [-0.4, -0.2) is 18.4 Å². The number of hydrogen-bond donors (Lipinski definition) is 2. The van der Waals surface area contributed by atoms with Crippen LogP contribution < -0.4 is 15.4 Å². The molecule has 0 spiro atoms. The van der Waals surface area contributed by atoms with Crippen LogP contribution in [0.15, 0.2) is 42.5 Å². The molecule has 122 valence electrons. The van der Waals surface area contributed by atoms with Crippen molar-refractivity contribution in [3.8, 4) is 5.75 Å². The van der Waals surface area contributed by atoms with Crippen LogP contribution >= 0.6 is 0 Å². The van der Waals surface area contributed by atoms with Gasteiger partial charge < -0.3 is 15.4 Å². The number of carbonyl (C=O) groups excluding carboxylic acids is 2. The van der Waals surface area contributed by atoms with E-state index in [-0.39, 0.29) is 24.2 Å². The van der Waals surface area contributed by atoms with Crippen molar-refractivity contribution in [2.45, 2.75) is 18.3 Å². The summed E-state index contributed by atoms with van der Waals surface area (Å²) in [6, 6.07) is 11.2. The van der Waals surface area contributed by atoms with Crippen molar-refractivity contribution in [1.29, 1.82) is 0 Å². The number of ether oxygens (including phenoxy) is 1. The zero-order valence-corrected chi connectivity index (χ0v) is 12.8. The topological polar surface area (TPSA) is 67.4 Å². The molecule has 2 aromatic rings. The normalized spacial score (nSPS) is 17.3. The fourth-order valence-electron chi connectivity index (χ4n) is 2.95. The lowest BCUT2D eigenvalue weighted by molar-refractivity contribution is -0.119. The Morgan fingerprint density at radius 3 is 2.62 bits per heavy atom. The van der Waals surface area contributed by atoms with Crippen molar-refractivity contribution in [3.63, 3.8) is 0 Å². The average molecular weight is 326 g/mol. The summed E-state index contributed by atoms with van der Waals surface area (Å²) in [7, 11) is 0. The molecule has 0 radical (unpaired) electrons. The molecule has 6 heteroatoms. The van der Waals surface area contributed by atoms with E-state index in [0.717, 1.165) is 18.4 Å². The predicted molar refractivity (Wildman–Crippen MR) is 86.5 cm³/mol. The minimum Gasteiger partial charge on any atom is -0.482 e. The molecule has 4 rings (SSSR count). The molecule has 2 aromatic carbocycles. The van der Waals surface area contributed by atoms with Crippen molar-refractivity contribution < 1.29 is 18.7 Å². The highest BCUT2D eigenvalue weighted by atomic mass is 19.1. The Balaban J connectivity index is 1.55. The van der Waals surface area contributed by atoms with Crippen LogP contribution in [0.4, 0.5) is 15.8 Å². The van der Waals surface area contributed by atoms with Gasteiger partial charge in [0.2, 0.25) is 5.91 Å². The largest absolute Gasteiger partial charge is 0.482 e. The van der Waals surface area contributed by atoms with Gasteiger partial charge in [0.1, 0.15) is 11.6 Å². The number of nitrogens with one attached hydrogen (secondary N) is 2. The lowest BCUT2D eigenvalue weighted by atomic mass is 9.95. The van der Waals surface area contributed by atoms with Crippen LogP contribution in [0.25, 0.3) is 0 Å². The number of anilines is 2. The molecule has 2 aliphatic rings. The Morgan fingerprint density at radius 2 is 1.92 bits per heavy atom. The number of carbonyl (C=O) groups is 2.